The Morgan fingerprint density at radius 2 is 2.06 bits per heavy atom. The van der Waals surface area contributed by atoms with E-state index in [9.17, 15) is 0 Å². The van der Waals surface area contributed by atoms with Crippen LogP contribution >= 0.6 is 0 Å². The predicted octanol–water partition coefficient (Wildman–Crippen LogP) is 3.00. The summed E-state index contributed by atoms with van der Waals surface area (Å²) in [7, 11) is 0. The van der Waals surface area contributed by atoms with Crippen LogP contribution in [0.3, 0.4) is 0 Å². The van der Waals surface area contributed by atoms with Crippen molar-refractivity contribution in [2.45, 2.75) is 58.5 Å². The van der Waals surface area contributed by atoms with Gasteiger partial charge in [-0.2, -0.15) is 5.10 Å². The third-order valence-electron chi connectivity index (χ3n) is 4.47. The molecular weight excluding hydrogens is 224 g/mol. The van der Waals surface area contributed by atoms with Gasteiger partial charge in [0.25, 0.3) is 0 Å². The molecule has 4 nitrogen and oxygen atoms in total. The van der Waals surface area contributed by atoms with Gasteiger partial charge in [0.1, 0.15) is 11.5 Å². The van der Waals surface area contributed by atoms with Crippen LogP contribution in [-0.4, -0.2) is 22.4 Å². The minimum absolute atomic E-state index is 0.583. The molecule has 2 aliphatic rings. The molecular formula is C14H24N4. The number of anilines is 2. The zero-order valence-electron chi connectivity index (χ0n) is 11.5. The Balaban J connectivity index is 1.79. The highest BCUT2D eigenvalue weighted by Gasteiger charge is 2.29. The van der Waals surface area contributed by atoms with Crippen molar-refractivity contribution in [2.75, 3.05) is 17.2 Å². The smallest absolute Gasteiger partial charge is 0.148 e. The lowest BCUT2D eigenvalue weighted by molar-refractivity contribution is 0.321. The SMILES string of the molecule is CCn1nc(C)c2c1NC(C1CCCCC1)CN2. The lowest BCUT2D eigenvalue weighted by Crippen LogP contribution is -2.40. The molecule has 1 saturated carbocycles. The summed E-state index contributed by atoms with van der Waals surface area (Å²) < 4.78 is 2.09. The fraction of sp³-hybridized carbons (Fsp3) is 0.786. The monoisotopic (exact) mass is 248 g/mol. The summed E-state index contributed by atoms with van der Waals surface area (Å²) in [6.07, 6.45) is 7.00. The number of rotatable bonds is 2. The van der Waals surface area contributed by atoms with Crippen LogP contribution in [0.1, 0.15) is 44.7 Å². The molecule has 1 aliphatic carbocycles. The number of fused-ring (bicyclic) bond motifs is 1. The average Bonchev–Trinajstić information content (AvgIpc) is 2.76. The Morgan fingerprint density at radius 3 is 2.78 bits per heavy atom. The van der Waals surface area contributed by atoms with Crippen LogP contribution in [0.2, 0.25) is 0 Å². The zero-order valence-corrected chi connectivity index (χ0v) is 11.5. The van der Waals surface area contributed by atoms with Crippen molar-refractivity contribution in [1.82, 2.24) is 9.78 Å². The lowest BCUT2D eigenvalue weighted by Gasteiger charge is -2.35. The second-order valence-corrected chi connectivity index (χ2v) is 5.65. The van der Waals surface area contributed by atoms with Crippen molar-refractivity contribution in [1.29, 1.82) is 0 Å². The molecule has 1 aromatic rings. The van der Waals surface area contributed by atoms with E-state index in [0.29, 0.717) is 6.04 Å². The van der Waals surface area contributed by atoms with Crippen LogP contribution in [0.25, 0.3) is 0 Å². The highest BCUT2D eigenvalue weighted by atomic mass is 15.4. The first-order valence-corrected chi connectivity index (χ1v) is 7.37. The molecule has 2 heterocycles. The highest BCUT2D eigenvalue weighted by molar-refractivity contribution is 5.70. The predicted molar refractivity (Wildman–Crippen MR) is 75.1 cm³/mol. The van der Waals surface area contributed by atoms with Crippen molar-refractivity contribution >= 4 is 11.5 Å². The third-order valence-corrected chi connectivity index (χ3v) is 4.47. The van der Waals surface area contributed by atoms with E-state index in [-0.39, 0.29) is 0 Å². The van der Waals surface area contributed by atoms with Gasteiger partial charge in [-0.15, -0.1) is 0 Å². The topological polar surface area (TPSA) is 41.9 Å². The first-order chi connectivity index (χ1) is 8.79. The minimum Gasteiger partial charge on any atom is -0.378 e. The number of nitrogens with zero attached hydrogens (tertiary/aromatic N) is 2. The number of hydrogen-bond donors (Lipinski definition) is 2. The fourth-order valence-corrected chi connectivity index (χ4v) is 3.43. The molecule has 0 saturated heterocycles. The van der Waals surface area contributed by atoms with Gasteiger partial charge in [0.05, 0.1) is 5.69 Å². The summed E-state index contributed by atoms with van der Waals surface area (Å²) in [6, 6.07) is 0.583. The normalized spacial score (nSPS) is 24.2. The molecule has 1 unspecified atom stereocenters. The quantitative estimate of drug-likeness (QED) is 0.845. The maximum atomic E-state index is 4.58. The van der Waals surface area contributed by atoms with Crippen LogP contribution in [0.4, 0.5) is 11.5 Å². The summed E-state index contributed by atoms with van der Waals surface area (Å²) in [5.41, 5.74) is 2.32. The lowest BCUT2D eigenvalue weighted by atomic mass is 9.83. The zero-order chi connectivity index (χ0) is 12.5. The maximum Gasteiger partial charge on any atom is 0.148 e. The maximum absolute atomic E-state index is 4.58. The number of nitrogens with one attached hydrogen (secondary N) is 2. The molecule has 1 aliphatic heterocycles. The summed E-state index contributed by atoms with van der Waals surface area (Å²) in [6.45, 7) is 6.22. The Morgan fingerprint density at radius 1 is 1.28 bits per heavy atom. The van der Waals surface area contributed by atoms with Crippen molar-refractivity contribution in [3.63, 3.8) is 0 Å². The van der Waals surface area contributed by atoms with E-state index in [2.05, 4.69) is 34.3 Å². The molecule has 0 bridgehead atoms. The van der Waals surface area contributed by atoms with Gasteiger partial charge in [0.2, 0.25) is 0 Å². The van der Waals surface area contributed by atoms with Gasteiger partial charge < -0.3 is 10.6 Å². The molecule has 0 spiro atoms. The Kier molecular flexibility index (Phi) is 3.18. The van der Waals surface area contributed by atoms with Gasteiger partial charge in [0, 0.05) is 19.1 Å². The van der Waals surface area contributed by atoms with E-state index in [1.54, 1.807) is 0 Å². The van der Waals surface area contributed by atoms with Crippen LogP contribution in [0.15, 0.2) is 0 Å². The third kappa shape index (κ3) is 1.98. The van der Waals surface area contributed by atoms with Gasteiger partial charge >= 0.3 is 0 Å². The van der Waals surface area contributed by atoms with Gasteiger partial charge in [-0.3, -0.25) is 0 Å². The van der Waals surface area contributed by atoms with Crippen molar-refractivity contribution in [3.8, 4) is 0 Å². The number of aromatic nitrogens is 2. The molecule has 1 fully saturated rings. The molecule has 4 heteroatoms. The van der Waals surface area contributed by atoms with E-state index < -0.39 is 0 Å². The van der Waals surface area contributed by atoms with Crippen LogP contribution in [0, 0.1) is 12.8 Å². The molecule has 0 amide bonds. The molecule has 2 N–H and O–H groups in total. The van der Waals surface area contributed by atoms with E-state index in [1.165, 1.54) is 43.6 Å². The first kappa shape index (κ1) is 11.9. The summed E-state index contributed by atoms with van der Waals surface area (Å²) in [4.78, 5) is 0. The molecule has 1 atom stereocenters. The summed E-state index contributed by atoms with van der Waals surface area (Å²) >= 11 is 0. The molecule has 0 aromatic carbocycles. The van der Waals surface area contributed by atoms with Gasteiger partial charge in [-0.05, 0) is 32.6 Å². The fourth-order valence-electron chi connectivity index (χ4n) is 3.43. The summed E-state index contributed by atoms with van der Waals surface area (Å²) in [5, 5.41) is 11.9. The second-order valence-electron chi connectivity index (χ2n) is 5.65. The van der Waals surface area contributed by atoms with E-state index >= 15 is 0 Å². The van der Waals surface area contributed by atoms with E-state index in [1.807, 2.05) is 0 Å². The molecule has 3 rings (SSSR count). The van der Waals surface area contributed by atoms with Gasteiger partial charge in [0.15, 0.2) is 0 Å². The van der Waals surface area contributed by atoms with Gasteiger partial charge in [-0.1, -0.05) is 19.3 Å². The van der Waals surface area contributed by atoms with Crippen molar-refractivity contribution < 1.29 is 0 Å². The Bertz CT molecular complexity index is 418. The van der Waals surface area contributed by atoms with E-state index in [4.69, 9.17) is 0 Å². The number of aryl methyl sites for hydroxylation is 2. The Labute approximate surface area is 109 Å². The molecule has 0 radical (unpaired) electrons. The number of hydrogen-bond acceptors (Lipinski definition) is 3. The minimum atomic E-state index is 0.583. The van der Waals surface area contributed by atoms with Crippen LogP contribution < -0.4 is 10.6 Å². The van der Waals surface area contributed by atoms with Crippen LogP contribution in [-0.2, 0) is 6.54 Å². The van der Waals surface area contributed by atoms with Crippen LogP contribution in [0.5, 0.6) is 0 Å². The first-order valence-electron chi connectivity index (χ1n) is 7.37. The van der Waals surface area contributed by atoms with Crippen molar-refractivity contribution in [2.24, 2.45) is 5.92 Å². The van der Waals surface area contributed by atoms with Crippen molar-refractivity contribution in [3.05, 3.63) is 5.69 Å². The Hall–Kier alpha value is -1.19. The largest absolute Gasteiger partial charge is 0.378 e. The molecule has 1 aromatic heterocycles. The summed E-state index contributed by atoms with van der Waals surface area (Å²) in [5.74, 6) is 2.04. The second kappa shape index (κ2) is 4.82. The standard InChI is InChI=1S/C14H24N4/c1-3-18-14-13(10(2)17-18)15-9-12(16-14)11-7-5-4-6-8-11/h11-12,15-16H,3-9H2,1-2H3. The van der Waals surface area contributed by atoms with E-state index in [0.717, 1.165) is 24.7 Å². The highest BCUT2D eigenvalue weighted by Crippen LogP contribution is 2.34. The molecule has 100 valence electrons. The average molecular weight is 248 g/mol. The molecule has 18 heavy (non-hydrogen) atoms. The van der Waals surface area contributed by atoms with Gasteiger partial charge in [-0.25, -0.2) is 4.68 Å².